The molecule has 0 fully saturated rings. The first kappa shape index (κ1) is 18.6. The molecular formula is C15H21Cl2N3O2. The van der Waals surface area contributed by atoms with E-state index in [0.717, 1.165) is 5.56 Å². The number of ether oxygens (including phenoxy) is 1. The summed E-state index contributed by atoms with van der Waals surface area (Å²) in [4.78, 5) is 15.3. The molecule has 0 aliphatic carbocycles. The number of carbonyl (C=O) groups excluding carboxylic acids is 1. The molecule has 0 aromatic heterocycles. The van der Waals surface area contributed by atoms with Gasteiger partial charge in [-0.2, -0.15) is 0 Å². The maximum atomic E-state index is 11.2. The molecule has 0 aliphatic rings. The molecule has 0 saturated carbocycles. The second kappa shape index (κ2) is 10.3. The molecule has 0 radical (unpaired) electrons. The van der Waals surface area contributed by atoms with Crippen LogP contribution in [0.15, 0.2) is 23.2 Å². The van der Waals surface area contributed by atoms with E-state index in [9.17, 15) is 4.79 Å². The molecule has 2 N–H and O–H groups in total. The zero-order valence-electron chi connectivity index (χ0n) is 12.8. The first-order valence-electron chi connectivity index (χ1n) is 7.11. The third-order valence-corrected chi connectivity index (χ3v) is 3.43. The Kier molecular flexibility index (Phi) is 8.70. The Morgan fingerprint density at radius 3 is 2.73 bits per heavy atom. The van der Waals surface area contributed by atoms with Gasteiger partial charge in [0.2, 0.25) is 0 Å². The van der Waals surface area contributed by atoms with Crippen molar-refractivity contribution in [3.05, 3.63) is 33.8 Å². The van der Waals surface area contributed by atoms with Gasteiger partial charge in [-0.25, -0.2) is 0 Å². The molecule has 1 aromatic carbocycles. The molecule has 0 spiro atoms. The predicted molar refractivity (Wildman–Crippen MR) is 90.5 cm³/mol. The van der Waals surface area contributed by atoms with Crippen LogP contribution in [0.5, 0.6) is 0 Å². The van der Waals surface area contributed by atoms with E-state index in [-0.39, 0.29) is 5.97 Å². The van der Waals surface area contributed by atoms with Crippen molar-refractivity contribution in [2.75, 3.05) is 20.2 Å². The van der Waals surface area contributed by atoms with Crippen LogP contribution in [0.1, 0.15) is 25.3 Å². The van der Waals surface area contributed by atoms with Gasteiger partial charge in [0.05, 0.1) is 6.61 Å². The smallest absolute Gasteiger partial charge is 0.305 e. The molecular weight excluding hydrogens is 325 g/mol. The lowest BCUT2D eigenvalue weighted by atomic mass is 10.2. The van der Waals surface area contributed by atoms with Crippen molar-refractivity contribution in [2.45, 2.75) is 26.3 Å². The zero-order chi connectivity index (χ0) is 16.4. The molecule has 5 nitrogen and oxygen atoms in total. The number of hydrogen-bond donors (Lipinski definition) is 2. The largest absolute Gasteiger partial charge is 0.466 e. The topological polar surface area (TPSA) is 62.7 Å². The number of hydrogen-bond acceptors (Lipinski definition) is 3. The van der Waals surface area contributed by atoms with Gasteiger partial charge in [-0.3, -0.25) is 9.79 Å². The van der Waals surface area contributed by atoms with Crippen LogP contribution in [0.25, 0.3) is 0 Å². The van der Waals surface area contributed by atoms with Gasteiger partial charge in [-0.1, -0.05) is 29.3 Å². The van der Waals surface area contributed by atoms with Crippen molar-refractivity contribution in [3.63, 3.8) is 0 Å². The van der Waals surface area contributed by atoms with Crippen LogP contribution in [0, 0.1) is 0 Å². The average Bonchev–Trinajstić information content (AvgIpc) is 2.48. The van der Waals surface area contributed by atoms with Crippen LogP contribution in [0.3, 0.4) is 0 Å². The van der Waals surface area contributed by atoms with Crippen molar-refractivity contribution in [3.8, 4) is 0 Å². The lowest BCUT2D eigenvalue weighted by molar-refractivity contribution is -0.143. The molecule has 0 amide bonds. The van der Waals surface area contributed by atoms with Crippen molar-refractivity contribution in [1.82, 2.24) is 10.6 Å². The van der Waals surface area contributed by atoms with Crippen molar-refractivity contribution in [2.24, 2.45) is 4.99 Å². The minimum atomic E-state index is -0.180. The van der Waals surface area contributed by atoms with E-state index in [1.165, 1.54) is 0 Å². The second-order valence-corrected chi connectivity index (χ2v) is 5.34. The van der Waals surface area contributed by atoms with E-state index in [0.29, 0.717) is 48.5 Å². The SMILES string of the molecule is CCOC(=O)CCCNC(=NC)NCc1ccc(Cl)cc1Cl. The standard InChI is InChI=1S/C15H21Cl2N3O2/c1-3-22-14(21)5-4-8-19-15(18-2)20-10-11-6-7-12(16)9-13(11)17/h6-7,9H,3-5,8,10H2,1-2H3,(H2,18,19,20). The maximum absolute atomic E-state index is 11.2. The molecule has 1 aromatic rings. The molecule has 1 rings (SSSR count). The van der Waals surface area contributed by atoms with E-state index in [1.807, 2.05) is 6.07 Å². The molecule has 0 heterocycles. The normalized spacial score (nSPS) is 11.2. The third kappa shape index (κ3) is 7.00. The first-order valence-corrected chi connectivity index (χ1v) is 7.86. The summed E-state index contributed by atoms with van der Waals surface area (Å²) in [7, 11) is 1.68. The highest BCUT2D eigenvalue weighted by atomic mass is 35.5. The monoisotopic (exact) mass is 345 g/mol. The highest BCUT2D eigenvalue weighted by molar-refractivity contribution is 6.35. The summed E-state index contributed by atoms with van der Waals surface area (Å²) in [5.41, 5.74) is 0.931. The van der Waals surface area contributed by atoms with Gasteiger partial charge in [0, 0.05) is 36.6 Å². The summed E-state index contributed by atoms with van der Waals surface area (Å²) in [6, 6.07) is 5.36. The lowest BCUT2D eigenvalue weighted by Crippen LogP contribution is -2.37. The number of nitrogens with zero attached hydrogens (tertiary/aromatic N) is 1. The minimum absolute atomic E-state index is 0.180. The van der Waals surface area contributed by atoms with E-state index in [1.54, 1.807) is 26.1 Å². The van der Waals surface area contributed by atoms with Crippen molar-refractivity contribution in [1.29, 1.82) is 0 Å². The summed E-state index contributed by atoms with van der Waals surface area (Å²) in [6.07, 6.45) is 1.07. The van der Waals surface area contributed by atoms with Crippen LogP contribution >= 0.6 is 23.2 Å². The Morgan fingerprint density at radius 2 is 2.09 bits per heavy atom. The summed E-state index contributed by atoms with van der Waals surface area (Å²) in [6.45, 7) is 3.38. The summed E-state index contributed by atoms with van der Waals surface area (Å²) in [5.74, 6) is 0.468. The van der Waals surface area contributed by atoms with Crippen LogP contribution < -0.4 is 10.6 Å². The number of benzene rings is 1. The highest BCUT2D eigenvalue weighted by Gasteiger charge is 2.04. The van der Waals surface area contributed by atoms with E-state index in [4.69, 9.17) is 27.9 Å². The highest BCUT2D eigenvalue weighted by Crippen LogP contribution is 2.20. The van der Waals surface area contributed by atoms with Crippen LogP contribution in [0.2, 0.25) is 10.0 Å². The zero-order valence-corrected chi connectivity index (χ0v) is 14.3. The second-order valence-electron chi connectivity index (χ2n) is 4.50. The number of esters is 1. The first-order chi connectivity index (χ1) is 10.6. The Balaban J connectivity index is 2.32. The summed E-state index contributed by atoms with van der Waals surface area (Å²) in [5, 5.41) is 7.50. The molecule has 0 unspecified atom stereocenters. The van der Waals surface area contributed by atoms with Gasteiger partial charge in [-0.15, -0.1) is 0 Å². The van der Waals surface area contributed by atoms with Gasteiger partial charge < -0.3 is 15.4 Å². The Hall–Kier alpha value is -1.46. The van der Waals surface area contributed by atoms with Gasteiger partial charge in [0.1, 0.15) is 0 Å². The van der Waals surface area contributed by atoms with Crippen LogP contribution in [-0.4, -0.2) is 32.1 Å². The molecule has 0 atom stereocenters. The van der Waals surface area contributed by atoms with Gasteiger partial charge >= 0.3 is 5.97 Å². The van der Waals surface area contributed by atoms with Crippen molar-refractivity contribution < 1.29 is 9.53 Å². The minimum Gasteiger partial charge on any atom is -0.466 e. The number of halogens is 2. The van der Waals surface area contributed by atoms with E-state index >= 15 is 0 Å². The Bertz CT molecular complexity index is 522. The Labute approximate surface area is 141 Å². The fourth-order valence-electron chi connectivity index (χ4n) is 1.74. The van der Waals surface area contributed by atoms with E-state index < -0.39 is 0 Å². The molecule has 0 bridgehead atoms. The quantitative estimate of drug-likeness (QED) is 0.345. The predicted octanol–water partition coefficient (Wildman–Crippen LogP) is 3.00. The number of carbonyl (C=O) groups is 1. The van der Waals surface area contributed by atoms with Crippen molar-refractivity contribution >= 4 is 35.1 Å². The van der Waals surface area contributed by atoms with Crippen LogP contribution in [0.4, 0.5) is 0 Å². The van der Waals surface area contributed by atoms with Crippen LogP contribution in [-0.2, 0) is 16.1 Å². The molecule has 122 valence electrons. The number of nitrogens with one attached hydrogen (secondary N) is 2. The fraction of sp³-hybridized carbons (Fsp3) is 0.467. The maximum Gasteiger partial charge on any atom is 0.305 e. The van der Waals surface area contributed by atoms with E-state index in [2.05, 4.69) is 15.6 Å². The molecule has 0 saturated heterocycles. The number of guanidine groups is 1. The third-order valence-electron chi connectivity index (χ3n) is 2.84. The molecule has 0 aliphatic heterocycles. The lowest BCUT2D eigenvalue weighted by Gasteiger charge is -2.12. The Morgan fingerprint density at radius 1 is 1.32 bits per heavy atom. The fourth-order valence-corrected chi connectivity index (χ4v) is 2.21. The van der Waals surface area contributed by atoms with Gasteiger partial charge in [0.25, 0.3) is 0 Å². The average molecular weight is 346 g/mol. The summed E-state index contributed by atoms with van der Waals surface area (Å²) >= 11 is 12.0. The summed E-state index contributed by atoms with van der Waals surface area (Å²) < 4.78 is 4.87. The number of rotatable bonds is 7. The van der Waals surface area contributed by atoms with Gasteiger partial charge in [0.15, 0.2) is 5.96 Å². The number of aliphatic imine (C=N–C) groups is 1. The van der Waals surface area contributed by atoms with Gasteiger partial charge in [-0.05, 0) is 31.0 Å². The molecule has 22 heavy (non-hydrogen) atoms. The molecule has 7 heteroatoms.